The molecule has 0 amide bonds. The number of thiophene rings is 1. The minimum Gasteiger partial charge on any atom is -0.299 e. The molecule has 1 fully saturated rings. The smallest absolute Gasteiger partial charge is 0.141 e. The van der Waals surface area contributed by atoms with E-state index in [1.807, 2.05) is 12.1 Å². The number of carbonyl (C=O) groups is 1. The average molecular weight is 215 g/mol. The minimum absolute atomic E-state index is 0.348. The molecule has 1 heterocycles. The summed E-state index contributed by atoms with van der Waals surface area (Å²) in [5.74, 6) is 0.741. The summed E-state index contributed by atoms with van der Waals surface area (Å²) in [5, 5.41) is 0. The van der Waals surface area contributed by atoms with Crippen LogP contribution in [0.4, 0.5) is 0 Å². The summed E-state index contributed by atoms with van der Waals surface area (Å²) in [6.45, 7) is 0. The lowest BCUT2D eigenvalue weighted by atomic mass is 9.81. The van der Waals surface area contributed by atoms with Crippen LogP contribution in [0, 0.1) is 5.92 Å². The standard InChI is InChI=1S/C10H11ClOS/c11-10-5-4-8(13-10)6-9(12)7-2-1-3-7/h4-5,7H,1-3,6H2. The van der Waals surface area contributed by atoms with Crippen LogP contribution in [0.25, 0.3) is 0 Å². The Bertz CT molecular complexity index is 314. The topological polar surface area (TPSA) is 17.1 Å². The van der Waals surface area contributed by atoms with E-state index in [1.54, 1.807) is 0 Å². The third-order valence-corrected chi connectivity index (χ3v) is 3.77. The van der Waals surface area contributed by atoms with E-state index < -0.39 is 0 Å². The molecular weight excluding hydrogens is 204 g/mol. The second-order valence-corrected chi connectivity index (χ2v) is 5.28. The van der Waals surface area contributed by atoms with Gasteiger partial charge < -0.3 is 0 Å². The van der Waals surface area contributed by atoms with Crippen molar-refractivity contribution in [1.29, 1.82) is 0 Å². The highest BCUT2D eigenvalue weighted by molar-refractivity contribution is 7.16. The summed E-state index contributed by atoms with van der Waals surface area (Å²) in [5.41, 5.74) is 0. The molecule has 0 saturated heterocycles. The molecule has 0 N–H and O–H groups in total. The third-order valence-electron chi connectivity index (χ3n) is 2.54. The normalized spacial score (nSPS) is 17.0. The molecule has 1 aliphatic carbocycles. The fourth-order valence-electron chi connectivity index (χ4n) is 1.49. The molecule has 0 unspecified atom stereocenters. The number of hydrogen-bond donors (Lipinski definition) is 0. The van der Waals surface area contributed by atoms with Crippen molar-refractivity contribution >= 4 is 28.7 Å². The largest absolute Gasteiger partial charge is 0.299 e. The number of ketones is 1. The second kappa shape index (κ2) is 3.81. The lowest BCUT2D eigenvalue weighted by Crippen LogP contribution is -2.23. The highest BCUT2D eigenvalue weighted by Crippen LogP contribution is 2.30. The zero-order valence-corrected chi connectivity index (χ0v) is 8.83. The Balaban J connectivity index is 1.93. The molecular formula is C10H11ClOS. The van der Waals surface area contributed by atoms with Crippen LogP contribution in [0.1, 0.15) is 24.1 Å². The van der Waals surface area contributed by atoms with Crippen LogP contribution < -0.4 is 0 Å². The molecule has 0 spiro atoms. The van der Waals surface area contributed by atoms with Crippen LogP contribution in [0.3, 0.4) is 0 Å². The highest BCUT2D eigenvalue weighted by Gasteiger charge is 2.25. The van der Waals surface area contributed by atoms with Crippen LogP contribution >= 0.6 is 22.9 Å². The summed E-state index contributed by atoms with van der Waals surface area (Å²) in [6.07, 6.45) is 4.00. The lowest BCUT2D eigenvalue weighted by Gasteiger charge is -2.23. The van der Waals surface area contributed by atoms with Crippen molar-refractivity contribution < 1.29 is 4.79 Å². The van der Waals surface area contributed by atoms with Gasteiger partial charge in [-0.3, -0.25) is 4.79 Å². The van der Waals surface area contributed by atoms with E-state index in [9.17, 15) is 4.79 Å². The van der Waals surface area contributed by atoms with Gasteiger partial charge >= 0.3 is 0 Å². The van der Waals surface area contributed by atoms with Crippen LogP contribution in [0.2, 0.25) is 4.34 Å². The zero-order valence-electron chi connectivity index (χ0n) is 7.25. The van der Waals surface area contributed by atoms with Crippen molar-refractivity contribution in [3.05, 3.63) is 21.3 Å². The number of hydrogen-bond acceptors (Lipinski definition) is 2. The Morgan fingerprint density at radius 1 is 1.54 bits per heavy atom. The van der Waals surface area contributed by atoms with Gasteiger partial charge in [0.2, 0.25) is 0 Å². The van der Waals surface area contributed by atoms with E-state index in [0.29, 0.717) is 18.1 Å². The summed E-state index contributed by atoms with van der Waals surface area (Å²) in [6, 6.07) is 3.80. The van der Waals surface area contributed by atoms with Gasteiger partial charge in [-0.2, -0.15) is 0 Å². The van der Waals surface area contributed by atoms with E-state index in [1.165, 1.54) is 17.8 Å². The van der Waals surface area contributed by atoms with Crippen LogP contribution in [0.15, 0.2) is 12.1 Å². The molecule has 0 aliphatic heterocycles. The van der Waals surface area contributed by atoms with Crippen molar-refractivity contribution in [1.82, 2.24) is 0 Å². The van der Waals surface area contributed by atoms with Gasteiger partial charge in [0, 0.05) is 17.2 Å². The number of halogens is 1. The van der Waals surface area contributed by atoms with Crippen molar-refractivity contribution in [2.75, 3.05) is 0 Å². The molecule has 1 nitrogen and oxygen atoms in total. The van der Waals surface area contributed by atoms with Gasteiger partial charge in [-0.15, -0.1) is 11.3 Å². The summed E-state index contributed by atoms with van der Waals surface area (Å²) in [4.78, 5) is 12.7. The first-order chi connectivity index (χ1) is 6.25. The Kier molecular flexibility index (Phi) is 2.70. The molecule has 0 aromatic carbocycles. The molecule has 1 aromatic rings. The number of rotatable bonds is 3. The highest BCUT2D eigenvalue weighted by atomic mass is 35.5. The molecule has 70 valence electrons. The quantitative estimate of drug-likeness (QED) is 0.755. The summed E-state index contributed by atoms with van der Waals surface area (Å²) < 4.78 is 0.774. The van der Waals surface area contributed by atoms with Crippen LogP contribution in [-0.2, 0) is 11.2 Å². The van der Waals surface area contributed by atoms with Crippen molar-refractivity contribution in [2.24, 2.45) is 5.92 Å². The van der Waals surface area contributed by atoms with Crippen molar-refractivity contribution in [2.45, 2.75) is 25.7 Å². The SMILES string of the molecule is O=C(Cc1ccc(Cl)s1)C1CCC1. The number of carbonyl (C=O) groups excluding carboxylic acids is 1. The van der Waals surface area contributed by atoms with Gasteiger partial charge in [0.25, 0.3) is 0 Å². The van der Waals surface area contributed by atoms with E-state index in [2.05, 4.69) is 0 Å². The van der Waals surface area contributed by atoms with E-state index in [4.69, 9.17) is 11.6 Å². The lowest BCUT2D eigenvalue weighted by molar-refractivity contribution is -0.124. The third kappa shape index (κ3) is 2.12. The fourth-order valence-corrected chi connectivity index (χ4v) is 2.59. The van der Waals surface area contributed by atoms with Gasteiger partial charge in [-0.05, 0) is 25.0 Å². The Labute approximate surface area is 86.7 Å². The van der Waals surface area contributed by atoms with Crippen LogP contribution in [-0.4, -0.2) is 5.78 Å². The van der Waals surface area contributed by atoms with E-state index in [-0.39, 0.29) is 0 Å². The summed E-state index contributed by atoms with van der Waals surface area (Å²) in [7, 11) is 0. The molecule has 2 rings (SSSR count). The number of Topliss-reactive ketones (excluding diaryl/α,β-unsaturated/α-hetero) is 1. The van der Waals surface area contributed by atoms with Crippen LogP contribution in [0.5, 0.6) is 0 Å². The molecule has 1 aromatic heterocycles. The van der Waals surface area contributed by atoms with Gasteiger partial charge in [0.1, 0.15) is 5.78 Å². The Morgan fingerprint density at radius 3 is 2.77 bits per heavy atom. The van der Waals surface area contributed by atoms with Gasteiger partial charge in [-0.1, -0.05) is 18.0 Å². The monoisotopic (exact) mass is 214 g/mol. The first kappa shape index (κ1) is 9.22. The average Bonchev–Trinajstić information content (AvgIpc) is 2.31. The molecule has 0 bridgehead atoms. The molecule has 1 aliphatic rings. The van der Waals surface area contributed by atoms with Crippen molar-refractivity contribution in [3.8, 4) is 0 Å². The Morgan fingerprint density at radius 2 is 2.31 bits per heavy atom. The molecule has 0 radical (unpaired) electrons. The maximum atomic E-state index is 11.6. The van der Waals surface area contributed by atoms with Gasteiger partial charge in [-0.25, -0.2) is 0 Å². The van der Waals surface area contributed by atoms with E-state index in [0.717, 1.165) is 22.1 Å². The minimum atomic E-state index is 0.348. The zero-order chi connectivity index (χ0) is 9.26. The van der Waals surface area contributed by atoms with E-state index >= 15 is 0 Å². The molecule has 13 heavy (non-hydrogen) atoms. The maximum absolute atomic E-state index is 11.6. The first-order valence-corrected chi connectivity index (χ1v) is 5.72. The molecule has 3 heteroatoms. The molecule has 0 atom stereocenters. The van der Waals surface area contributed by atoms with Crippen molar-refractivity contribution in [3.63, 3.8) is 0 Å². The summed E-state index contributed by atoms with van der Waals surface area (Å²) >= 11 is 7.29. The van der Waals surface area contributed by atoms with Gasteiger partial charge in [0.05, 0.1) is 4.34 Å². The fraction of sp³-hybridized carbons (Fsp3) is 0.500. The predicted molar refractivity (Wildman–Crippen MR) is 55.4 cm³/mol. The maximum Gasteiger partial charge on any atom is 0.141 e. The molecule has 1 saturated carbocycles. The predicted octanol–water partition coefficient (Wildman–Crippen LogP) is 3.31. The van der Waals surface area contributed by atoms with Gasteiger partial charge in [0.15, 0.2) is 0 Å². The first-order valence-electron chi connectivity index (χ1n) is 4.52. The Hall–Kier alpha value is -0.340. The second-order valence-electron chi connectivity index (χ2n) is 3.48.